The molecule has 0 N–H and O–H groups in total. The van der Waals surface area contributed by atoms with Gasteiger partial charge in [-0.1, -0.05) is 33.6 Å². The molecular formula is C18H32N2O4. The number of likely N-dealkylation sites (tertiary alicyclic amines) is 1. The molecule has 2 fully saturated rings. The molecule has 0 radical (unpaired) electrons. The lowest BCUT2D eigenvalue weighted by Gasteiger charge is -2.38. The van der Waals surface area contributed by atoms with Gasteiger partial charge in [0.05, 0.1) is 6.54 Å². The molecule has 1 spiro atoms. The average molecular weight is 340 g/mol. The molecule has 0 unspecified atom stereocenters. The predicted molar refractivity (Wildman–Crippen MR) is 91.8 cm³/mol. The van der Waals surface area contributed by atoms with Crippen LogP contribution >= 0.6 is 0 Å². The van der Waals surface area contributed by atoms with Gasteiger partial charge in [-0.15, -0.1) is 0 Å². The summed E-state index contributed by atoms with van der Waals surface area (Å²) in [6, 6.07) is 0. The van der Waals surface area contributed by atoms with E-state index in [9.17, 15) is 9.59 Å². The van der Waals surface area contributed by atoms with Crippen molar-refractivity contribution in [3.8, 4) is 0 Å². The van der Waals surface area contributed by atoms with Gasteiger partial charge in [-0.2, -0.15) is 0 Å². The second kappa shape index (κ2) is 8.19. The lowest BCUT2D eigenvalue weighted by atomic mass is 9.90. The number of nitrogens with zero attached hydrogens (tertiary/aromatic N) is 2. The summed E-state index contributed by atoms with van der Waals surface area (Å²) in [7, 11) is 1.58. The average Bonchev–Trinajstić information content (AvgIpc) is 2.89. The van der Waals surface area contributed by atoms with E-state index in [-0.39, 0.29) is 18.1 Å². The molecule has 2 aliphatic rings. The number of methoxy groups -OCH3 is 1. The van der Waals surface area contributed by atoms with Gasteiger partial charge in [-0.3, -0.25) is 4.79 Å². The fraction of sp³-hybridized carbons (Fsp3) is 0.889. The minimum atomic E-state index is -0.408. The highest BCUT2D eigenvalue weighted by molar-refractivity contribution is 5.81. The Bertz CT molecular complexity index is 438. The second-order valence-electron chi connectivity index (χ2n) is 7.07. The van der Waals surface area contributed by atoms with Crippen LogP contribution in [0.4, 0.5) is 4.79 Å². The number of hydrogen-bond acceptors (Lipinski definition) is 4. The van der Waals surface area contributed by atoms with Crippen molar-refractivity contribution < 1.29 is 19.1 Å². The molecule has 2 amide bonds. The Morgan fingerprint density at radius 1 is 1.21 bits per heavy atom. The molecule has 0 aromatic heterocycles. The van der Waals surface area contributed by atoms with Crippen LogP contribution < -0.4 is 0 Å². The van der Waals surface area contributed by atoms with E-state index in [0.717, 1.165) is 19.4 Å². The van der Waals surface area contributed by atoms with Gasteiger partial charge in [0.25, 0.3) is 5.91 Å². The zero-order valence-corrected chi connectivity index (χ0v) is 15.5. The first-order valence-electron chi connectivity index (χ1n) is 9.28. The van der Waals surface area contributed by atoms with E-state index >= 15 is 0 Å². The van der Waals surface area contributed by atoms with Gasteiger partial charge in [-0.05, 0) is 12.3 Å². The minimum absolute atomic E-state index is 0.0491. The molecule has 0 saturated carbocycles. The summed E-state index contributed by atoms with van der Waals surface area (Å²) < 4.78 is 11.0. The van der Waals surface area contributed by atoms with Gasteiger partial charge in [0, 0.05) is 39.6 Å². The smallest absolute Gasteiger partial charge is 0.410 e. The first-order valence-corrected chi connectivity index (χ1v) is 9.28. The largest absolute Gasteiger partial charge is 0.441 e. The van der Waals surface area contributed by atoms with Gasteiger partial charge < -0.3 is 19.3 Å². The lowest BCUT2D eigenvalue weighted by molar-refractivity contribution is -0.145. The Morgan fingerprint density at radius 2 is 1.83 bits per heavy atom. The highest BCUT2D eigenvalue weighted by atomic mass is 16.6. The van der Waals surface area contributed by atoms with Crippen LogP contribution in [0.1, 0.15) is 52.9 Å². The zero-order chi connectivity index (χ0) is 17.7. The van der Waals surface area contributed by atoms with Crippen molar-refractivity contribution >= 4 is 12.0 Å². The van der Waals surface area contributed by atoms with Gasteiger partial charge in [0.1, 0.15) is 11.7 Å². The third-order valence-electron chi connectivity index (χ3n) is 5.59. The summed E-state index contributed by atoms with van der Waals surface area (Å²) in [6.45, 7) is 8.97. The number of carbonyl (C=O) groups is 2. The predicted octanol–water partition coefficient (Wildman–Crippen LogP) is 2.66. The van der Waals surface area contributed by atoms with Crippen LogP contribution in [0.2, 0.25) is 0 Å². The second-order valence-corrected chi connectivity index (χ2v) is 7.07. The van der Waals surface area contributed by atoms with E-state index < -0.39 is 5.60 Å². The first-order chi connectivity index (χ1) is 11.5. The normalized spacial score (nSPS) is 21.5. The maximum atomic E-state index is 12.4. The van der Waals surface area contributed by atoms with Crippen LogP contribution in [0, 0.1) is 5.92 Å². The summed E-state index contributed by atoms with van der Waals surface area (Å²) in [5.74, 6) is 0.578. The van der Waals surface area contributed by atoms with E-state index in [0.29, 0.717) is 44.8 Å². The fourth-order valence-corrected chi connectivity index (χ4v) is 3.73. The number of carbonyl (C=O) groups excluding carboxylic acids is 2. The minimum Gasteiger partial charge on any atom is -0.441 e. The van der Waals surface area contributed by atoms with Crippen molar-refractivity contribution in [2.45, 2.75) is 64.6 Å². The number of piperidine rings is 1. The van der Waals surface area contributed by atoms with Crippen molar-refractivity contribution in [3.05, 3.63) is 0 Å². The number of ether oxygens (including phenoxy) is 2. The van der Waals surface area contributed by atoms with Gasteiger partial charge in [0.15, 0.2) is 0 Å². The third kappa shape index (κ3) is 4.02. The van der Waals surface area contributed by atoms with Crippen molar-refractivity contribution in [2.24, 2.45) is 5.92 Å². The molecular weight excluding hydrogens is 308 g/mol. The molecule has 1 atom stereocenters. The summed E-state index contributed by atoms with van der Waals surface area (Å²) in [6.07, 6.45) is 3.70. The van der Waals surface area contributed by atoms with Crippen LogP contribution in [-0.2, 0) is 14.3 Å². The summed E-state index contributed by atoms with van der Waals surface area (Å²) in [4.78, 5) is 28.3. The molecule has 138 valence electrons. The molecule has 24 heavy (non-hydrogen) atoms. The van der Waals surface area contributed by atoms with Crippen LogP contribution in [0.25, 0.3) is 0 Å². The van der Waals surface area contributed by atoms with Crippen molar-refractivity contribution in [3.63, 3.8) is 0 Å². The molecule has 2 heterocycles. The van der Waals surface area contributed by atoms with Gasteiger partial charge in [-0.25, -0.2) is 4.79 Å². The van der Waals surface area contributed by atoms with E-state index in [1.54, 1.807) is 7.11 Å². The topological polar surface area (TPSA) is 59.1 Å². The molecule has 2 rings (SSSR count). The van der Waals surface area contributed by atoms with Crippen LogP contribution in [-0.4, -0.2) is 66.8 Å². The Morgan fingerprint density at radius 3 is 2.33 bits per heavy atom. The van der Waals surface area contributed by atoms with Crippen LogP contribution in [0.3, 0.4) is 0 Å². The standard InChI is InChI=1S/C18H32N2O4/c1-5-14(6-2)12-20-13-18(24-17(20)22)8-10-19(11-9-18)16(21)15(7-3)23-4/h14-15H,5-13H2,1-4H3/t15-/m0/s1. The van der Waals surface area contributed by atoms with E-state index in [1.807, 2.05) is 16.7 Å². The van der Waals surface area contributed by atoms with Crippen LogP contribution in [0.15, 0.2) is 0 Å². The highest BCUT2D eigenvalue weighted by Crippen LogP contribution is 2.34. The van der Waals surface area contributed by atoms with E-state index in [1.165, 1.54) is 0 Å². The molecule has 0 bridgehead atoms. The molecule has 0 aromatic carbocycles. The number of amides is 2. The molecule has 2 aliphatic heterocycles. The monoisotopic (exact) mass is 340 g/mol. The molecule has 2 saturated heterocycles. The van der Waals surface area contributed by atoms with Crippen LogP contribution in [0.5, 0.6) is 0 Å². The number of hydrogen-bond donors (Lipinski definition) is 0. The molecule has 6 heteroatoms. The van der Waals surface area contributed by atoms with Crippen molar-refractivity contribution in [1.82, 2.24) is 9.80 Å². The number of rotatable bonds is 7. The Labute approximate surface area is 145 Å². The fourth-order valence-electron chi connectivity index (χ4n) is 3.73. The first kappa shape index (κ1) is 19.0. The lowest BCUT2D eigenvalue weighted by Crippen LogP contribution is -2.51. The van der Waals surface area contributed by atoms with Crippen molar-refractivity contribution in [2.75, 3.05) is 33.3 Å². The highest BCUT2D eigenvalue weighted by Gasteiger charge is 2.48. The van der Waals surface area contributed by atoms with E-state index in [4.69, 9.17) is 9.47 Å². The summed E-state index contributed by atoms with van der Waals surface area (Å²) >= 11 is 0. The Hall–Kier alpha value is -1.30. The SMILES string of the molecule is CCC(CC)CN1CC2(CCN(C(=O)[C@H](CC)OC)CC2)OC1=O. The maximum absolute atomic E-state index is 12.4. The quantitative estimate of drug-likeness (QED) is 0.715. The van der Waals surface area contributed by atoms with Crippen molar-refractivity contribution in [1.29, 1.82) is 0 Å². The summed E-state index contributed by atoms with van der Waals surface area (Å²) in [5, 5.41) is 0. The maximum Gasteiger partial charge on any atom is 0.410 e. The van der Waals surface area contributed by atoms with E-state index in [2.05, 4.69) is 13.8 Å². The Balaban J connectivity index is 1.91. The molecule has 6 nitrogen and oxygen atoms in total. The third-order valence-corrected chi connectivity index (χ3v) is 5.59. The Kier molecular flexibility index (Phi) is 6.49. The molecule has 0 aromatic rings. The van der Waals surface area contributed by atoms with Gasteiger partial charge >= 0.3 is 6.09 Å². The molecule has 0 aliphatic carbocycles. The summed E-state index contributed by atoms with van der Waals surface area (Å²) in [5.41, 5.74) is -0.408. The zero-order valence-electron chi connectivity index (χ0n) is 15.5. The van der Waals surface area contributed by atoms with Gasteiger partial charge in [0.2, 0.25) is 0 Å².